The summed E-state index contributed by atoms with van der Waals surface area (Å²) in [5.74, 6) is -0.503. The molecule has 0 aliphatic carbocycles. The number of rotatable bonds is 5. The highest BCUT2D eigenvalue weighted by atomic mass is 79.9. The molecule has 2 aromatic carbocycles. The second-order valence-corrected chi connectivity index (χ2v) is 7.84. The Morgan fingerprint density at radius 2 is 2.07 bits per heavy atom. The van der Waals surface area contributed by atoms with Gasteiger partial charge in [-0.2, -0.15) is 5.26 Å². The lowest BCUT2D eigenvalue weighted by molar-refractivity contribution is -0.137. The molecule has 0 spiro atoms. The summed E-state index contributed by atoms with van der Waals surface area (Å²) in [4.78, 5) is 26.5. The number of hydrogen-bond donors (Lipinski definition) is 1. The molecule has 0 bridgehead atoms. The van der Waals surface area contributed by atoms with Gasteiger partial charge >= 0.3 is 0 Å². The lowest BCUT2D eigenvalue weighted by Gasteiger charge is -2.23. The van der Waals surface area contributed by atoms with Crippen LogP contribution in [0.3, 0.4) is 0 Å². The monoisotopic (exact) mass is 463 g/mol. The van der Waals surface area contributed by atoms with Gasteiger partial charge in [-0.15, -0.1) is 11.8 Å². The Bertz CT molecular complexity index is 933. The van der Waals surface area contributed by atoms with Crippen molar-refractivity contribution in [2.45, 2.75) is 6.04 Å². The van der Waals surface area contributed by atoms with Crippen molar-refractivity contribution in [1.29, 1.82) is 5.26 Å². The number of carbonyl (C=O) groups excluding carboxylic acids is 2. The van der Waals surface area contributed by atoms with Gasteiger partial charge in [0.05, 0.1) is 17.5 Å². The highest BCUT2D eigenvalue weighted by molar-refractivity contribution is 9.10. The predicted octanol–water partition coefficient (Wildman–Crippen LogP) is 3.38. The van der Waals surface area contributed by atoms with Crippen LogP contribution in [0, 0.1) is 17.1 Å². The largest absolute Gasteiger partial charge is 0.481 e. The van der Waals surface area contributed by atoms with Crippen LogP contribution in [0.25, 0.3) is 0 Å². The van der Waals surface area contributed by atoms with E-state index in [-0.39, 0.29) is 18.3 Å². The maximum absolute atomic E-state index is 13.8. The summed E-state index contributed by atoms with van der Waals surface area (Å²) in [5, 5.41) is 11.6. The van der Waals surface area contributed by atoms with Crippen LogP contribution in [0.5, 0.6) is 5.75 Å². The second-order valence-electron chi connectivity index (χ2n) is 5.92. The molecular weight excluding hydrogens is 449 g/mol. The molecule has 2 aromatic rings. The van der Waals surface area contributed by atoms with Crippen molar-refractivity contribution in [3.05, 3.63) is 58.3 Å². The Kier molecular flexibility index (Phi) is 6.54. The lowest BCUT2D eigenvalue weighted by atomic mass is 10.2. The van der Waals surface area contributed by atoms with Crippen LogP contribution in [-0.4, -0.2) is 41.0 Å². The zero-order valence-electron chi connectivity index (χ0n) is 14.5. The van der Waals surface area contributed by atoms with Crippen molar-refractivity contribution in [2.24, 2.45) is 0 Å². The molecule has 1 saturated heterocycles. The molecule has 0 saturated carbocycles. The average molecular weight is 464 g/mol. The van der Waals surface area contributed by atoms with Gasteiger partial charge in [0, 0.05) is 15.9 Å². The smallest absolute Gasteiger partial charge is 0.261 e. The fourth-order valence-electron chi connectivity index (χ4n) is 2.57. The van der Waals surface area contributed by atoms with E-state index in [0.717, 1.165) is 0 Å². The molecule has 3 rings (SSSR count). The van der Waals surface area contributed by atoms with Crippen LogP contribution >= 0.6 is 27.7 Å². The summed E-state index contributed by atoms with van der Waals surface area (Å²) in [6, 6.07) is 12.1. The second kappa shape index (κ2) is 9.08. The minimum absolute atomic E-state index is 0.0259. The Morgan fingerprint density at radius 3 is 2.75 bits per heavy atom. The Morgan fingerprint density at radius 1 is 1.32 bits per heavy atom. The zero-order valence-corrected chi connectivity index (χ0v) is 16.9. The predicted molar refractivity (Wildman–Crippen MR) is 107 cm³/mol. The van der Waals surface area contributed by atoms with Crippen molar-refractivity contribution in [3.8, 4) is 11.8 Å². The fraction of sp³-hybridized carbons (Fsp3) is 0.211. The molecule has 28 heavy (non-hydrogen) atoms. The molecule has 1 N–H and O–H groups in total. The Hall–Kier alpha value is -2.57. The SMILES string of the molecule is N#Cc1ccc(NC(=O)C2CSCN2C(=O)COc2ccc(Br)cc2F)cc1. The van der Waals surface area contributed by atoms with E-state index >= 15 is 0 Å². The number of halogens is 2. The number of nitrogens with one attached hydrogen (secondary N) is 1. The average Bonchev–Trinajstić information content (AvgIpc) is 3.18. The van der Waals surface area contributed by atoms with Crippen LogP contribution in [0.1, 0.15) is 5.56 Å². The fourth-order valence-corrected chi connectivity index (χ4v) is 4.09. The Balaban J connectivity index is 1.60. The number of benzene rings is 2. The third-order valence-electron chi connectivity index (χ3n) is 4.03. The van der Waals surface area contributed by atoms with Gasteiger partial charge in [0.2, 0.25) is 5.91 Å². The molecule has 1 aliphatic heterocycles. The summed E-state index contributed by atoms with van der Waals surface area (Å²) in [7, 11) is 0. The standard InChI is InChI=1S/C19H15BrFN3O3S/c20-13-3-6-17(15(21)7-13)27-9-18(25)24-11-28-10-16(24)19(26)23-14-4-1-12(8-22)2-5-14/h1-7,16H,9-11H2,(H,23,26). The van der Waals surface area contributed by atoms with Gasteiger partial charge < -0.3 is 15.0 Å². The van der Waals surface area contributed by atoms with E-state index in [1.165, 1.54) is 28.8 Å². The van der Waals surface area contributed by atoms with Crippen molar-refractivity contribution in [1.82, 2.24) is 4.90 Å². The molecule has 144 valence electrons. The number of nitrogens with zero attached hydrogens (tertiary/aromatic N) is 2. The van der Waals surface area contributed by atoms with E-state index in [1.807, 2.05) is 6.07 Å². The zero-order chi connectivity index (χ0) is 20.1. The molecule has 6 nitrogen and oxygen atoms in total. The van der Waals surface area contributed by atoms with E-state index < -0.39 is 17.8 Å². The van der Waals surface area contributed by atoms with Gasteiger partial charge in [-0.25, -0.2) is 4.39 Å². The van der Waals surface area contributed by atoms with Gasteiger partial charge in [-0.05, 0) is 42.5 Å². The highest BCUT2D eigenvalue weighted by Crippen LogP contribution is 2.24. The molecule has 0 radical (unpaired) electrons. The molecule has 2 amide bonds. The van der Waals surface area contributed by atoms with Crippen LogP contribution in [-0.2, 0) is 9.59 Å². The number of amides is 2. The van der Waals surface area contributed by atoms with Crippen molar-refractivity contribution >= 4 is 45.2 Å². The number of nitriles is 1. The molecular formula is C19H15BrFN3O3S. The van der Waals surface area contributed by atoms with Gasteiger partial charge in [0.25, 0.3) is 5.91 Å². The van der Waals surface area contributed by atoms with Gasteiger partial charge in [-0.1, -0.05) is 15.9 Å². The Labute approximate surface area is 173 Å². The summed E-state index contributed by atoms with van der Waals surface area (Å²) >= 11 is 4.61. The van der Waals surface area contributed by atoms with Crippen molar-refractivity contribution in [2.75, 3.05) is 23.6 Å². The summed E-state index contributed by atoms with van der Waals surface area (Å²) in [6.07, 6.45) is 0. The van der Waals surface area contributed by atoms with Gasteiger partial charge in [-0.3, -0.25) is 9.59 Å². The first kappa shape index (κ1) is 20.2. The molecule has 1 fully saturated rings. The van der Waals surface area contributed by atoms with Crippen molar-refractivity contribution in [3.63, 3.8) is 0 Å². The number of hydrogen-bond acceptors (Lipinski definition) is 5. The third kappa shape index (κ3) is 4.82. The van der Waals surface area contributed by atoms with Crippen LogP contribution < -0.4 is 10.1 Å². The third-order valence-corrected chi connectivity index (χ3v) is 5.54. The molecule has 9 heteroatoms. The maximum atomic E-state index is 13.8. The number of anilines is 1. The first-order valence-electron chi connectivity index (χ1n) is 8.24. The van der Waals surface area contributed by atoms with E-state index in [2.05, 4.69) is 21.2 Å². The quantitative estimate of drug-likeness (QED) is 0.734. The summed E-state index contributed by atoms with van der Waals surface area (Å²) < 4.78 is 19.7. The number of thioether (sulfide) groups is 1. The van der Waals surface area contributed by atoms with Gasteiger partial charge in [0.15, 0.2) is 18.2 Å². The summed E-state index contributed by atoms with van der Waals surface area (Å²) in [6.45, 7) is -0.361. The minimum atomic E-state index is -0.647. The molecule has 1 atom stereocenters. The first-order valence-corrected chi connectivity index (χ1v) is 10.2. The van der Waals surface area contributed by atoms with Gasteiger partial charge in [0.1, 0.15) is 6.04 Å². The van der Waals surface area contributed by atoms with E-state index in [4.69, 9.17) is 10.00 Å². The number of carbonyl (C=O) groups is 2. The normalized spacial score (nSPS) is 15.8. The highest BCUT2D eigenvalue weighted by Gasteiger charge is 2.34. The number of ether oxygens (including phenoxy) is 1. The maximum Gasteiger partial charge on any atom is 0.261 e. The van der Waals surface area contributed by atoms with E-state index in [1.54, 1.807) is 30.3 Å². The minimum Gasteiger partial charge on any atom is -0.481 e. The molecule has 1 aliphatic rings. The molecule has 0 aromatic heterocycles. The topological polar surface area (TPSA) is 82.4 Å². The lowest BCUT2D eigenvalue weighted by Crippen LogP contribution is -2.46. The van der Waals surface area contributed by atoms with Crippen LogP contribution in [0.2, 0.25) is 0 Å². The first-order chi connectivity index (χ1) is 13.5. The molecule has 1 unspecified atom stereocenters. The summed E-state index contributed by atoms with van der Waals surface area (Å²) in [5.41, 5.74) is 1.03. The van der Waals surface area contributed by atoms with Crippen molar-refractivity contribution < 1.29 is 18.7 Å². The van der Waals surface area contributed by atoms with Crippen LogP contribution in [0.4, 0.5) is 10.1 Å². The molecule has 1 heterocycles. The van der Waals surface area contributed by atoms with E-state index in [0.29, 0.717) is 27.4 Å². The van der Waals surface area contributed by atoms with E-state index in [9.17, 15) is 14.0 Å². The van der Waals surface area contributed by atoms with Crippen LogP contribution in [0.15, 0.2) is 46.9 Å².